The van der Waals surface area contributed by atoms with E-state index in [9.17, 15) is 32.8 Å². The standard InChI is InChI=1S/C21H22F3N3O2.C9H8N4O2/c1-14-5-2-3-8-18(14)19(27(26-29)17-7-4-6-15(22)13-17)20(28)25-16-9-11-21(23,24)12-10-16;10-5-6-1-3-11-9(12-6)13-4-2-7(14)8(13)15/h2-8,13,16,19H,9-12H2,1H3,(H,25,28);1,3,7,14H,2,4H2. The van der Waals surface area contributed by atoms with Gasteiger partial charge in [0.15, 0.2) is 6.04 Å². The predicted octanol–water partition coefficient (Wildman–Crippen LogP) is 4.50. The van der Waals surface area contributed by atoms with Crippen molar-refractivity contribution in [2.75, 3.05) is 16.5 Å². The molecule has 2 unspecified atom stereocenters. The van der Waals surface area contributed by atoms with Crippen molar-refractivity contribution in [1.82, 2.24) is 15.3 Å². The lowest BCUT2D eigenvalue weighted by atomic mass is 9.91. The van der Waals surface area contributed by atoms with Crippen molar-refractivity contribution in [3.8, 4) is 6.07 Å². The number of alkyl halides is 2. The quantitative estimate of drug-likeness (QED) is 0.293. The molecule has 44 heavy (non-hydrogen) atoms. The lowest BCUT2D eigenvalue weighted by Crippen LogP contribution is -2.45. The molecule has 1 saturated carbocycles. The first-order valence-corrected chi connectivity index (χ1v) is 13.9. The number of nitriles is 1. The molecule has 3 aromatic rings. The molecule has 2 fully saturated rings. The van der Waals surface area contributed by atoms with Crippen LogP contribution in [0.25, 0.3) is 0 Å². The number of hydrogen-bond donors (Lipinski definition) is 2. The van der Waals surface area contributed by atoms with Crippen LogP contribution in [-0.4, -0.2) is 51.5 Å². The third-order valence-electron chi connectivity index (χ3n) is 7.38. The van der Waals surface area contributed by atoms with E-state index in [1.165, 1.54) is 35.4 Å². The number of nitrogens with zero attached hydrogens (tertiary/aromatic N) is 6. The summed E-state index contributed by atoms with van der Waals surface area (Å²) >= 11 is 0. The van der Waals surface area contributed by atoms with E-state index in [-0.39, 0.29) is 43.0 Å². The maximum atomic E-state index is 13.7. The maximum Gasteiger partial charge on any atom is 0.258 e. The Bertz CT molecular complexity index is 1540. The van der Waals surface area contributed by atoms with Gasteiger partial charge in [0, 0.05) is 38.0 Å². The molecule has 2 aliphatic rings. The van der Waals surface area contributed by atoms with Crippen molar-refractivity contribution in [1.29, 1.82) is 5.26 Å². The van der Waals surface area contributed by atoms with Gasteiger partial charge in [-0.25, -0.2) is 28.1 Å². The maximum absolute atomic E-state index is 13.7. The van der Waals surface area contributed by atoms with Crippen molar-refractivity contribution in [3.63, 3.8) is 0 Å². The highest BCUT2D eigenvalue weighted by Gasteiger charge is 2.38. The minimum atomic E-state index is -2.71. The number of anilines is 2. The van der Waals surface area contributed by atoms with Crippen molar-refractivity contribution >= 4 is 23.5 Å². The molecule has 1 saturated heterocycles. The van der Waals surface area contributed by atoms with Crippen molar-refractivity contribution in [2.45, 2.75) is 63.1 Å². The molecule has 2 aromatic carbocycles. The van der Waals surface area contributed by atoms with Crippen LogP contribution in [-0.2, 0) is 9.59 Å². The molecule has 0 spiro atoms. The Morgan fingerprint density at radius 1 is 1.18 bits per heavy atom. The highest BCUT2D eigenvalue weighted by molar-refractivity contribution is 5.97. The number of aryl methyl sites for hydroxylation is 1. The highest BCUT2D eigenvalue weighted by atomic mass is 19.3. The van der Waals surface area contributed by atoms with Gasteiger partial charge < -0.3 is 10.4 Å². The van der Waals surface area contributed by atoms with Crippen LogP contribution >= 0.6 is 0 Å². The van der Waals surface area contributed by atoms with Crippen molar-refractivity contribution in [2.24, 2.45) is 5.29 Å². The Balaban J connectivity index is 0.000000246. The molecule has 1 aliphatic carbocycles. The average molecular weight is 610 g/mol. The minimum Gasteiger partial charge on any atom is -0.383 e. The zero-order valence-electron chi connectivity index (χ0n) is 23.7. The van der Waals surface area contributed by atoms with Crippen LogP contribution in [0.15, 0.2) is 66.1 Å². The van der Waals surface area contributed by atoms with Gasteiger partial charge in [-0.1, -0.05) is 30.3 Å². The fraction of sp³-hybridized carbons (Fsp3) is 0.367. The van der Waals surface area contributed by atoms with Crippen LogP contribution in [0.5, 0.6) is 0 Å². The van der Waals surface area contributed by atoms with Gasteiger partial charge in [-0.15, -0.1) is 4.91 Å². The summed E-state index contributed by atoms with van der Waals surface area (Å²) in [6.45, 7) is 2.17. The number of aromatic nitrogens is 2. The average Bonchev–Trinajstić information content (AvgIpc) is 3.35. The summed E-state index contributed by atoms with van der Waals surface area (Å²) in [6, 6.07) is 14.0. The first kappa shape index (κ1) is 32.0. The SMILES string of the molecule is Cc1ccccc1C(C(=O)NC1CCC(F)(F)CC1)N(N=O)c1cccc(F)c1.N#Cc1ccnc(N2CCC(O)C2=O)n1. The van der Waals surface area contributed by atoms with E-state index in [2.05, 4.69) is 20.6 Å². The number of carbonyl (C=O) groups is 2. The van der Waals surface area contributed by atoms with Gasteiger partial charge in [-0.3, -0.25) is 14.5 Å². The molecular formula is C30H30F3N7O4. The summed E-state index contributed by atoms with van der Waals surface area (Å²) in [6.07, 6.45) is 0.512. The molecule has 1 aromatic heterocycles. The van der Waals surface area contributed by atoms with Crippen LogP contribution in [0.1, 0.15) is 55.0 Å². The number of benzene rings is 2. The van der Waals surface area contributed by atoms with E-state index in [0.717, 1.165) is 16.6 Å². The highest BCUT2D eigenvalue weighted by Crippen LogP contribution is 2.35. The van der Waals surface area contributed by atoms with E-state index in [1.807, 2.05) is 6.07 Å². The van der Waals surface area contributed by atoms with E-state index < -0.39 is 41.7 Å². The second-order valence-corrected chi connectivity index (χ2v) is 10.5. The van der Waals surface area contributed by atoms with Gasteiger partial charge in [-0.2, -0.15) is 5.26 Å². The van der Waals surface area contributed by atoms with Crippen LogP contribution in [0, 0.1) is 29.0 Å². The monoisotopic (exact) mass is 609 g/mol. The van der Waals surface area contributed by atoms with Crippen LogP contribution in [0.4, 0.5) is 24.8 Å². The smallest absolute Gasteiger partial charge is 0.258 e. The fourth-order valence-corrected chi connectivity index (χ4v) is 5.01. The van der Waals surface area contributed by atoms with Crippen molar-refractivity contribution in [3.05, 3.63) is 88.3 Å². The van der Waals surface area contributed by atoms with Gasteiger partial charge in [0.25, 0.3) is 5.91 Å². The third-order valence-corrected chi connectivity index (χ3v) is 7.38. The molecule has 5 rings (SSSR count). The van der Waals surface area contributed by atoms with Crippen molar-refractivity contribution < 1.29 is 27.9 Å². The number of rotatable bonds is 7. The number of halogens is 3. The van der Waals surface area contributed by atoms with Gasteiger partial charge in [-0.05, 0) is 55.2 Å². The third kappa shape index (κ3) is 7.73. The Morgan fingerprint density at radius 2 is 1.91 bits per heavy atom. The summed E-state index contributed by atoms with van der Waals surface area (Å²) in [4.78, 5) is 45.3. The zero-order chi connectivity index (χ0) is 31.9. The van der Waals surface area contributed by atoms with Crippen LogP contribution in [0.2, 0.25) is 0 Å². The molecule has 0 bridgehead atoms. The summed E-state index contributed by atoms with van der Waals surface area (Å²) < 4.78 is 40.6. The summed E-state index contributed by atoms with van der Waals surface area (Å²) in [5, 5.41) is 24.6. The number of carbonyl (C=O) groups excluding carboxylic acids is 2. The first-order chi connectivity index (χ1) is 21.0. The normalized spacial score (nSPS) is 18.4. The Kier molecular flexibility index (Phi) is 10.2. The number of nitroso groups, excluding NO2 is 1. The first-order valence-electron chi connectivity index (χ1n) is 13.9. The largest absolute Gasteiger partial charge is 0.383 e. The number of amides is 2. The molecule has 14 heteroatoms. The molecule has 230 valence electrons. The van der Waals surface area contributed by atoms with Gasteiger partial charge in [0.2, 0.25) is 17.8 Å². The topological polar surface area (TPSA) is 152 Å². The van der Waals surface area contributed by atoms with Crippen LogP contribution < -0.4 is 15.2 Å². The fourth-order valence-electron chi connectivity index (χ4n) is 5.01. The number of nitrogens with one attached hydrogen (secondary N) is 1. The molecule has 2 atom stereocenters. The summed E-state index contributed by atoms with van der Waals surface area (Å²) in [5.74, 6) is -4.07. The Hall–Kier alpha value is -4.90. The number of aliphatic hydroxyl groups is 1. The molecule has 2 N–H and O–H groups in total. The number of hydrogen-bond acceptors (Lipinski definition) is 8. The van der Waals surface area contributed by atoms with Crippen LogP contribution in [0.3, 0.4) is 0 Å². The second-order valence-electron chi connectivity index (χ2n) is 10.5. The Morgan fingerprint density at radius 3 is 2.52 bits per heavy atom. The minimum absolute atomic E-state index is 0.124. The zero-order valence-corrected chi connectivity index (χ0v) is 23.7. The van der Waals surface area contributed by atoms with Gasteiger partial charge >= 0.3 is 0 Å². The lowest BCUT2D eigenvalue weighted by Gasteiger charge is -2.32. The second kappa shape index (κ2) is 14.0. The molecule has 2 amide bonds. The summed E-state index contributed by atoms with van der Waals surface area (Å²) in [7, 11) is 0. The van der Waals surface area contributed by atoms with E-state index in [4.69, 9.17) is 5.26 Å². The lowest BCUT2D eigenvalue weighted by molar-refractivity contribution is -0.125. The number of aliphatic hydroxyl groups excluding tert-OH is 1. The molecule has 1 aliphatic heterocycles. The van der Waals surface area contributed by atoms with E-state index >= 15 is 0 Å². The molecular weight excluding hydrogens is 579 g/mol. The van der Waals surface area contributed by atoms with E-state index in [1.54, 1.807) is 31.2 Å². The predicted molar refractivity (Wildman–Crippen MR) is 154 cm³/mol. The molecule has 2 heterocycles. The Labute approximate surface area is 251 Å². The summed E-state index contributed by atoms with van der Waals surface area (Å²) in [5.41, 5.74) is 1.59. The van der Waals surface area contributed by atoms with Gasteiger partial charge in [0.05, 0.1) is 11.0 Å². The molecule has 0 radical (unpaired) electrons. The molecule has 11 nitrogen and oxygen atoms in total. The van der Waals surface area contributed by atoms with Gasteiger partial charge in [0.1, 0.15) is 23.7 Å². The van der Waals surface area contributed by atoms with E-state index in [0.29, 0.717) is 18.5 Å².